The van der Waals surface area contributed by atoms with Crippen LogP contribution in [0.4, 0.5) is 5.69 Å². The van der Waals surface area contributed by atoms with Gasteiger partial charge >= 0.3 is 5.97 Å². The summed E-state index contributed by atoms with van der Waals surface area (Å²) in [7, 11) is 0. The summed E-state index contributed by atoms with van der Waals surface area (Å²) in [6, 6.07) is 5.37. The van der Waals surface area contributed by atoms with E-state index >= 15 is 0 Å². The number of nitrogens with two attached hydrogens (primary N) is 1. The Labute approximate surface area is 124 Å². The van der Waals surface area contributed by atoms with Crippen molar-refractivity contribution in [2.24, 2.45) is 5.73 Å². The molecule has 1 aliphatic heterocycles. The van der Waals surface area contributed by atoms with E-state index in [-0.39, 0.29) is 0 Å². The fourth-order valence-electron chi connectivity index (χ4n) is 3.31. The molecule has 2 rings (SSSR count). The molecule has 21 heavy (non-hydrogen) atoms. The van der Waals surface area contributed by atoms with Gasteiger partial charge in [-0.15, -0.1) is 0 Å². The van der Waals surface area contributed by atoms with Crippen LogP contribution in [-0.2, 0) is 4.79 Å². The Morgan fingerprint density at radius 1 is 1.43 bits per heavy atom. The second kappa shape index (κ2) is 5.76. The number of aryl methyl sites for hydroxylation is 1. The largest absolute Gasteiger partial charge is 0.479 e. The molecule has 0 aromatic heterocycles. The molecule has 114 valence electrons. The van der Waals surface area contributed by atoms with Crippen molar-refractivity contribution in [2.75, 3.05) is 11.4 Å². The average Bonchev–Trinajstić information content (AvgIpc) is 2.83. The standard InChI is InChI=1S/C16H22N2O3/c1-3-7-16(15(20)21)8-4-9-18(16)13-10-11(2)5-6-12(13)14(17)19/h5-6,10H,3-4,7-9H2,1-2H3,(H2,17,19)(H,20,21). The van der Waals surface area contributed by atoms with Gasteiger partial charge in [0.15, 0.2) is 0 Å². The van der Waals surface area contributed by atoms with Crippen LogP contribution in [0.3, 0.4) is 0 Å². The molecule has 1 heterocycles. The number of carbonyl (C=O) groups excluding carboxylic acids is 1. The summed E-state index contributed by atoms with van der Waals surface area (Å²) in [5, 5.41) is 9.77. The lowest BCUT2D eigenvalue weighted by atomic mass is 9.89. The number of carbonyl (C=O) groups is 2. The van der Waals surface area contributed by atoms with Crippen LogP contribution in [0.1, 0.15) is 48.5 Å². The highest BCUT2D eigenvalue weighted by atomic mass is 16.4. The lowest BCUT2D eigenvalue weighted by Gasteiger charge is -2.37. The number of carboxylic acids is 1. The molecule has 0 spiro atoms. The second-order valence-corrected chi connectivity index (χ2v) is 5.73. The monoisotopic (exact) mass is 290 g/mol. The smallest absolute Gasteiger partial charge is 0.329 e. The maximum atomic E-state index is 11.9. The molecule has 1 amide bonds. The molecule has 5 heteroatoms. The fourth-order valence-corrected chi connectivity index (χ4v) is 3.31. The summed E-state index contributed by atoms with van der Waals surface area (Å²) in [4.78, 5) is 25.4. The Hall–Kier alpha value is -2.04. The predicted molar refractivity (Wildman–Crippen MR) is 81.6 cm³/mol. The summed E-state index contributed by atoms with van der Waals surface area (Å²) in [6.07, 6.45) is 2.75. The summed E-state index contributed by atoms with van der Waals surface area (Å²) >= 11 is 0. The maximum Gasteiger partial charge on any atom is 0.329 e. The minimum absolute atomic E-state index is 0.393. The number of rotatable bonds is 5. The normalized spacial score (nSPS) is 21.5. The molecule has 0 bridgehead atoms. The zero-order valence-corrected chi connectivity index (χ0v) is 12.6. The number of amides is 1. The minimum atomic E-state index is -0.924. The van der Waals surface area contributed by atoms with E-state index in [4.69, 9.17) is 5.73 Å². The average molecular weight is 290 g/mol. The SMILES string of the molecule is CCCC1(C(=O)O)CCCN1c1cc(C)ccc1C(N)=O. The van der Waals surface area contributed by atoms with Gasteiger partial charge in [0.1, 0.15) is 5.54 Å². The van der Waals surface area contributed by atoms with Gasteiger partial charge in [0.25, 0.3) is 5.91 Å². The van der Waals surface area contributed by atoms with Gasteiger partial charge in [-0.05, 0) is 43.9 Å². The molecular weight excluding hydrogens is 268 g/mol. The summed E-state index contributed by atoms with van der Waals surface area (Å²) in [6.45, 7) is 4.54. The first kappa shape index (κ1) is 15.4. The van der Waals surface area contributed by atoms with Crippen molar-refractivity contribution in [1.29, 1.82) is 0 Å². The Bertz CT molecular complexity index is 571. The molecule has 1 unspecified atom stereocenters. The van der Waals surface area contributed by atoms with E-state index < -0.39 is 17.4 Å². The molecule has 1 fully saturated rings. The first-order chi connectivity index (χ1) is 9.92. The number of nitrogens with zero attached hydrogens (tertiary/aromatic N) is 1. The second-order valence-electron chi connectivity index (χ2n) is 5.73. The van der Waals surface area contributed by atoms with Crippen molar-refractivity contribution < 1.29 is 14.7 Å². The molecule has 0 saturated carbocycles. The Morgan fingerprint density at radius 3 is 2.71 bits per heavy atom. The van der Waals surface area contributed by atoms with Crippen molar-refractivity contribution in [2.45, 2.75) is 45.1 Å². The van der Waals surface area contributed by atoms with Crippen LogP contribution in [0.15, 0.2) is 18.2 Å². The van der Waals surface area contributed by atoms with Gasteiger partial charge in [-0.25, -0.2) is 4.79 Å². The summed E-state index contributed by atoms with van der Waals surface area (Å²) < 4.78 is 0. The lowest BCUT2D eigenvalue weighted by molar-refractivity contribution is -0.143. The molecule has 1 atom stereocenters. The number of aliphatic carboxylic acids is 1. The number of anilines is 1. The minimum Gasteiger partial charge on any atom is -0.479 e. The van der Waals surface area contributed by atoms with E-state index in [1.807, 2.05) is 30.9 Å². The topological polar surface area (TPSA) is 83.6 Å². The number of hydrogen-bond acceptors (Lipinski definition) is 3. The van der Waals surface area contributed by atoms with E-state index in [0.29, 0.717) is 30.6 Å². The highest BCUT2D eigenvalue weighted by Crippen LogP contribution is 2.39. The highest BCUT2D eigenvalue weighted by molar-refractivity contribution is 6.00. The van der Waals surface area contributed by atoms with Gasteiger partial charge in [0, 0.05) is 6.54 Å². The van der Waals surface area contributed by atoms with Crippen LogP contribution in [0.5, 0.6) is 0 Å². The van der Waals surface area contributed by atoms with Crippen LogP contribution >= 0.6 is 0 Å². The van der Waals surface area contributed by atoms with E-state index in [2.05, 4.69) is 0 Å². The van der Waals surface area contributed by atoms with Crippen molar-refractivity contribution in [3.63, 3.8) is 0 Å². The molecule has 5 nitrogen and oxygen atoms in total. The van der Waals surface area contributed by atoms with Crippen LogP contribution in [0.25, 0.3) is 0 Å². The van der Waals surface area contributed by atoms with Crippen LogP contribution < -0.4 is 10.6 Å². The van der Waals surface area contributed by atoms with Gasteiger partial charge in [0.2, 0.25) is 0 Å². The number of primary amides is 1. The third kappa shape index (κ3) is 2.60. The van der Waals surface area contributed by atoms with Crippen LogP contribution in [-0.4, -0.2) is 29.1 Å². The van der Waals surface area contributed by atoms with Gasteiger partial charge < -0.3 is 15.7 Å². The maximum absolute atomic E-state index is 11.9. The molecule has 1 aromatic carbocycles. The quantitative estimate of drug-likeness (QED) is 0.871. The lowest BCUT2D eigenvalue weighted by Crippen LogP contribution is -2.51. The van der Waals surface area contributed by atoms with Crippen molar-refractivity contribution >= 4 is 17.6 Å². The van der Waals surface area contributed by atoms with Crippen LogP contribution in [0.2, 0.25) is 0 Å². The van der Waals surface area contributed by atoms with Crippen LogP contribution in [0, 0.1) is 6.92 Å². The van der Waals surface area contributed by atoms with E-state index in [9.17, 15) is 14.7 Å². The molecule has 0 radical (unpaired) electrons. The number of carboxylic acid groups (broad SMARTS) is 1. The highest BCUT2D eigenvalue weighted by Gasteiger charge is 2.47. The van der Waals surface area contributed by atoms with E-state index in [0.717, 1.165) is 18.4 Å². The Morgan fingerprint density at radius 2 is 2.14 bits per heavy atom. The molecule has 1 aromatic rings. The first-order valence-corrected chi connectivity index (χ1v) is 7.34. The van der Waals surface area contributed by atoms with Gasteiger partial charge in [-0.1, -0.05) is 19.4 Å². The van der Waals surface area contributed by atoms with Crippen molar-refractivity contribution in [3.8, 4) is 0 Å². The molecule has 0 aliphatic carbocycles. The molecule has 1 aliphatic rings. The Balaban J connectivity index is 2.56. The first-order valence-electron chi connectivity index (χ1n) is 7.34. The fraction of sp³-hybridized carbons (Fsp3) is 0.500. The zero-order valence-electron chi connectivity index (χ0n) is 12.6. The van der Waals surface area contributed by atoms with Crippen molar-refractivity contribution in [1.82, 2.24) is 0 Å². The summed E-state index contributed by atoms with van der Waals surface area (Å²) in [5.41, 5.74) is 6.56. The van der Waals surface area contributed by atoms with Gasteiger partial charge in [-0.3, -0.25) is 4.79 Å². The van der Waals surface area contributed by atoms with E-state index in [1.165, 1.54) is 0 Å². The number of hydrogen-bond donors (Lipinski definition) is 2. The predicted octanol–water partition coefficient (Wildman–Crippen LogP) is 2.32. The number of benzene rings is 1. The third-order valence-electron chi connectivity index (χ3n) is 4.26. The van der Waals surface area contributed by atoms with Gasteiger partial charge in [0.05, 0.1) is 11.3 Å². The Kier molecular flexibility index (Phi) is 4.21. The molecule has 1 saturated heterocycles. The van der Waals surface area contributed by atoms with Gasteiger partial charge in [-0.2, -0.15) is 0 Å². The molecule has 3 N–H and O–H groups in total. The van der Waals surface area contributed by atoms with Crippen molar-refractivity contribution in [3.05, 3.63) is 29.3 Å². The third-order valence-corrected chi connectivity index (χ3v) is 4.26. The van der Waals surface area contributed by atoms with E-state index in [1.54, 1.807) is 6.07 Å². The molecular formula is C16H22N2O3. The zero-order chi connectivity index (χ0) is 15.6. The summed E-state index contributed by atoms with van der Waals surface area (Å²) in [5.74, 6) is -1.34.